The number of carboxylic acid groups (broad SMARTS) is 1. The van der Waals surface area contributed by atoms with Gasteiger partial charge < -0.3 is 14.3 Å². The Morgan fingerprint density at radius 2 is 2.32 bits per heavy atom. The molecule has 0 atom stereocenters. The van der Waals surface area contributed by atoms with E-state index in [1.54, 1.807) is 18.2 Å². The molecule has 0 saturated heterocycles. The molecule has 5 nitrogen and oxygen atoms in total. The fourth-order valence-electron chi connectivity index (χ4n) is 1.51. The first kappa shape index (κ1) is 14.3. The Morgan fingerprint density at radius 1 is 1.58 bits per heavy atom. The van der Waals surface area contributed by atoms with E-state index in [-0.39, 0.29) is 24.0 Å². The van der Waals surface area contributed by atoms with Crippen LogP contribution in [0, 0.1) is 3.57 Å². The highest BCUT2D eigenvalue weighted by atomic mass is 127. The minimum Gasteiger partial charge on any atom is -0.475 e. The van der Waals surface area contributed by atoms with Crippen LogP contribution in [0.15, 0.2) is 22.6 Å². The van der Waals surface area contributed by atoms with Crippen molar-refractivity contribution in [3.8, 4) is 11.5 Å². The number of rotatable bonds is 4. The third-order valence-corrected chi connectivity index (χ3v) is 3.91. The van der Waals surface area contributed by atoms with Crippen molar-refractivity contribution in [1.29, 1.82) is 0 Å². The fraction of sp³-hybridized carbons (Fsp3) is 0.167. The summed E-state index contributed by atoms with van der Waals surface area (Å²) in [5, 5.41) is 9.59. The summed E-state index contributed by atoms with van der Waals surface area (Å²) < 4.78 is 11.0. The van der Waals surface area contributed by atoms with Crippen LogP contribution in [0.4, 0.5) is 0 Å². The third-order valence-electron chi connectivity index (χ3n) is 2.34. The summed E-state index contributed by atoms with van der Waals surface area (Å²) in [5.41, 5.74) is 0.870. The van der Waals surface area contributed by atoms with Gasteiger partial charge in [0.05, 0.1) is 11.6 Å². The Morgan fingerprint density at radius 3 is 2.89 bits per heavy atom. The molecule has 1 aromatic heterocycles. The number of halogens is 2. The molecule has 0 saturated carbocycles. The lowest BCUT2D eigenvalue weighted by Crippen LogP contribution is -2.00. The van der Waals surface area contributed by atoms with Crippen molar-refractivity contribution >= 4 is 40.2 Å². The molecule has 7 heteroatoms. The summed E-state index contributed by atoms with van der Waals surface area (Å²) in [6, 6.07) is 5.25. The lowest BCUT2D eigenvalue weighted by Gasteiger charge is -1.98. The van der Waals surface area contributed by atoms with Gasteiger partial charge in [-0.25, -0.2) is 9.78 Å². The molecule has 0 aliphatic carbocycles. The Balaban J connectivity index is 2.47. The van der Waals surface area contributed by atoms with Gasteiger partial charge in [0.1, 0.15) is 5.69 Å². The average molecular weight is 394 g/mol. The fourth-order valence-corrected chi connectivity index (χ4v) is 2.02. The van der Waals surface area contributed by atoms with E-state index in [9.17, 15) is 4.79 Å². The molecule has 0 aliphatic heterocycles. The van der Waals surface area contributed by atoms with Gasteiger partial charge in [0.2, 0.25) is 11.7 Å². The van der Waals surface area contributed by atoms with Crippen LogP contribution in [-0.2, 0) is 11.3 Å². The van der Waals surface area contributed by atoms with Gasteiger partial charge in [0.15, 0.2) is 0 Å². The van der Waals surface area contributed by atoms with E-state index in [1.165, 1.54) is 7.11 Å². The third kappa shape index (κ3) is 3.07. The molecule has 2 rings (SSSR count). The minimum atomic E-state index is -1.18. The SMILES string of the molecule is COCc1nc(-c2ccc(I)c(Cl)c2)oc1C(=O)O. The van der Waals surface area contributed by atoms with E-state index >= 15 is 0 Å². The zero-order valence-electron chi connectivity index (χ0n) is 9.81. The van der Waals surface area contributed by atoms with Crippen LogP contribution >= 0.6 is 34.2 Å². The number of carbonyl (C=O) groups is 1. The molecule has 1 heterocycles. The Hall–Kier alpha value is -1.12. The largest absolute Gasteiger partial charge is 0.475 e. The summed E-state index contributed by atoms with van der Waals surface area (Å²) in [5.74, 6) is -1.18. The number of oxazole rings is 1. The lowest BCUT2D eigenvalue weighted by atomic mass is 10.2. The summed E-state index contributed by atoms with van der Waals surface area (Å²) in [6.45, 7) is 0.0727. The second kappa shape index (κ2) is 5.89. The number of ether oxygens (including phenoxy) is 1. The normalized spacial score (nSPS) is 10.7. The van der Waals surface area contributed by atoms with Gasteiger partial charge in [-0.2, -0.15) is 0 Å². The zero-order chi connectivity index (χ0) is 14.0. The molecule has 0 unspecified atom stereocenters. The molecule has 0 radical (unpaired) electrons. The van der Waals surface area contributed by atoms with Gasteiger partial charge in [-0.05, 0) is 40.8 Å². The van der Waals surface area contributed by atoms with E-state index in [0.29, 0.717) is 10.6 Å². The van der Waals surface area contributed by atoms with E-state index in [4.69, 9.17) is 25.9 Å². The van der Waals surface area contributed by atoms with Crippen LogP contribution in [-0.4, -0.2) is 23.2 Å². The van der Waals surface area contributed by atoms with Crippen molar-refractivity contribution in [2.24, 2.45) is 0 Å². The maximum Gasteiger partial charge on any atom is 0.373 e. The number of methoxy groups -OCH3 is 1. The topological polar surface area (TPSA) is 72.6 Å². The molecular weight excluding hydrogens is 384 g/mol. The average Bonchev–Trinajstić information content (AvgIpc) is 2.77. The Bertz CT molecular complexity index is 626. The Kier molecular flexibility index (Phi) is 4.43. The lowest BCUT2D eigenvalue weighted by molar-refractivity contribution is 0.0656. The molecule has 0 amide bonds. The van der Waals surface area contributed by atoms with Gasteiger partial charge in [-0.3, -0.25) is 0 Å². The second-order valence-corrected chi connectivity index (χ2v) is 5.23. The van der Waals surface area contributed by atoms with Crippen molar-refractivity contribution in [2.45, 2.75) is 6.61 Å². The number of nitrogens with zero attached hydrogens (tertiary/aromatic N) is 1. The molecule has 1 N–H and O–H groups in total. The minimum absolute atomic E-state index is 0.0727. The van der Waals surface area contributed by atoms with Gasteiger partial charge in [-0.1, -0.05) is 11.6 Å². The molecule has 0 fully saturated rings. The van der Waals surface area contributed by atoms with E-state index in [1.807, 2.05) is 0 Å². The first-order valence-corrected chi connectivity index (χ1v) is 6.66. The molecular formula is C12H9ClINO4. The van der Waals surface area contributed by atoms with Gasteiger partial charge in [0.25, 0.3) is 0 Å². The van der Waals surface area contributed by atoms with Crippen LogP contribution in [0.5, 0.6) is 0 Å². The Labute approximate surface area is 127 Å². The highest BCUT2D eigenvalue weighted by Crippen LogP contribution is 2.27. The molecule has 0 spiro atoms. The molecule has 100 valence electrons. The van der Waals surface area contributed by atoms with Crippen molar-refractivity contribution in [1.82, 2.24) is 4.98 Å². The number of hydrogen-bond acceptors (Lipinski definition) is 4. The molecule has 19 heavy (non-hydrogen) atoms. The highest BCUT2D eigenvalue weighted by molar-refractivity contribution is 14.1. The van der Waals surface area contributed by atoms with Crippen molar-refractivity contribution in [3.05, 3.63) is 38.2 Å². The summed E-state index contributed by atoms with van der Waals surface area (Å²) in [7, 11) is 1.46. The molecule has 0 aliphatic rings. The number of hydrogen-bond donors (Lipinski definition) is 1. The summed E-state index contributed by atoms with van der Waals surface area (Å²) >= 11 is 8.12. The van der Waals surface area contributed by atoms with E-state index < -0.39 is 5.97 Å². The quantitative estimate of drug-likeness (QED) is 0.806. The predicted molar refractivity (Wildman–Crippen MR) is 77.3 cm³/mol. The summed E-state index contributed by atoms with van der Waals surface area (Å²) in [4.78, 5) is 15.2. The number of aromatic carboxylic acids is 1. The van der Waals surface area contributed by atoms with Gasteiger partial charge >= 0.3 is 5.97 Å². The number of aromatic nitrogens is 1. The smallest absolute Gasteiger partial charge is 0.373 e. The highest BCUT2D eigenvalue weighted by Gasteiger charge is 2.20. The standard InChI is InChI=1S/C12H9ClINO4/c1-18-5-9-10(12(16)17)19-11(15-9)6-2-3-8(14)7(13)4-6/h2-4H,5H2,1H3,(H,16,17). The van der Waals surface area contributed by atoms with E-state index in [0.717, 1.165) is 3.57 Å². The first-order valence-electron chi connectivity index (χ1n) is 5.20. The van der Waals surface area contributed by atoms with Crippen LogP contribution in [0.3, 0.4) is 0 Å². The molecule has 1 aromatic carbocycles. The van der Waals surface area contributed by atoms with Gasteiger partial charge in [0, 0.05) is 16.2 Å². The maximum absolute atomic E-state index is 11.0. The van der Waals surface area contributed by atoms with Crippen molar-refractivity contribution in [2.75, 3.05) is 7.11 Å². The van der Waals surface area contributed by atoms with Crippen molar-refractivity contribution < 1.29 is 19.1 Å². The summed E-state index contributed by atoms with van der Waals surface area (Å²) in [6.07, 6.45) is 0. The number of carboxylic acids is 1. The molecule has 2 aromatic rings. The van der Waals surface area contributed by atoms with E-state index in [2.05, 4.69) is 27.6 Å². The van der Waals surface area contributed by atoms with Crippen LogP contribution in [0.2, 0.25) is 5.02 Å². The van der Waals surface area contributed by atoms with Crippen molar-refractivity contribution in [3.63, 3.8) is 0 Å². The second-order valence-electron chi connectivity index (χ2n) is 3.66. The predicted octanol–water partition coefficient (Wildman–Crippen LogP) is 3.44. The zero-order valence-corrected chi connectivity index (χ0v) is 12.7. The first-order chi connectivity index (χ1) is 9.02. The monoisotopic (exact) mass is 393 g/mol. The molecule has 0 bridgehead atoms. The van der Waals surface area contributed by atoms with Crippen LogP contribution in [0.25, 0.3) is 11.5 Å². The number of benzene rings is 1. The maximum atomic E-state index is 11.0. The van der Waals surface area contributed by atoms with Crippen LogP contribution < -0.4 is 0 Å². The van der Waals surface area contributed by atoms with Crippen LogP contribution in [0.1, 0.15) is 16.2 Å². The van der Waals surface area contributed by atoms with Gasteiger partial charge in [-0.15, -0.1) is 0 Å².